The van der Waals surface area contributed by atoms with Crippen molar-refractivity contribution >= 4 is 11.8 Å². The van der Waals surface area contributed by atoms with E-state index in [1.807, 2.05) is 6.07 Å². The van der Waals surface area contributed by atoms with Crippen LogP contribution < -0.4 is 14.8 Å². The first kappa shape index (κ1) is 16.5. The first-order valence-corrected chi connectivity index (χ1v) is 8.89. The van der Waals surface area contributed by atoms with E-state index in [2.05, 4.69) is 36.1 Å². The van der Waals surface area contributed by atoms with Crippen LogP contribution in [0.25, 0.3) is 0 Å². The fraction of sp³-hybridized carbons (Fsp3) is 0.647. The van der Waals surface area contributed by atoms with Crippen molar-refractivity contribution in [3.63, 3.8) is 0 Å². The molecule has 2 rings (SSSR count). The van der Waals surface area contributed by atoms with Crippen LogP contribution in [0.5, 0.6) is 11.5 Å². The van der Waals surface area contributed by atoms with E-state index < -0.39 is 0 Å². The van der Waals surface area contributed by atoms with Gasteiger partial charge < -0.3 is 14.8 Å². The van der Waals surface area contributed by atoms with Gasteiger partial charge in [-0.3, -0.25) is 0 Å². The van der Waals surface area contributed by atoms with Gasteiger partial charge in [-0.1, -0.05) is 19.8 Å². The van der Waals surface area contributed by atoms with Crippen molar-refractivity contribution in [3.05, 3.63) is 23.8 Å². The van der Waals surface area contributed by atoms with E-state index in [1.54, 1.807) is 14.2 Å². The second-order valence-electron chi connectivity index (χ2n) is 5.50. The van der Waals surface area contributed by atoms with Crippen molar-refractivity contribution < 1.29 is 9.47 Å². The molecule has 1 fully saturated rings. The fourth-order valence-corrected chi connectivity index (χ4v) is 4.28. The van der Waals surface area contributed by atoms with E-state index in [9.17, 15) is 0 Å². The zero-order valence-electron chi connectivity index (χ0n) is 13.4. The van der Waals surface area contributed by atoms with Crippen molar-refractivity contribution in [1.82, 2.24) is 5.32 Å². The smallest absolute Gasteiger partial charge is 0.122 e. The minimum atomic E-state index is 0.351. The Labute approximate surface area is 132 Å². The third kappa shape index (κ3) is 4.82. The molecule has 1 aliphatic rings. The molecule has 1 aliphatic carbocycles. The van der Waals surface area contributed by atoms with Crippen molar-refractivity contribution in [3.8, 4) is 11.5 Å². The Morgan fingerprint density at radius 2 is 1.76 bits per heavy atom. The van der Waals surface area contributed by atoms with Crippen LogP contribution in [-0.2, 0) is 0 Å². The van der Waals surface area contributed by atoms with Crippen LogP contribution in [0.3, 0.4) is 0 Å². The number of nitrogens with one attached hydrogen (secondary N) is 1. The van der Waals surface area contributed by atoms with E-state index in [4.69, 9.17) is 9.47 Å². The first-order chi connectivity index (χ1) is 10.3. The van der Waals surface area contributed by atoms with Gasteiger partial charge in [-0.05, 0) is 37.1 Å². The quantitative estimate of drug-likeness (QED) is 0.785. The Morgan fingerprint density at radius 1 is 1.14 bits per heavy atom. The van der Waals surface area contributed by atoms with Gasteiger partial charge in [-0.25, -0.2) is 0 Å². The van der Waals surface area contributed by atoms with Crippen LogP contribution in [0.1, 0.15) is 44.2 Å². The Balaban J connectivity index is 2.08. The molecule has 0 spiro atoms. The lowest BCUT2D eigenvalue weighted by molar-refractivity contribution is 0.392. The molecule has 4 heteroatoms. The van der Waals surface area contributed by atoms with Crippen LogP contribution in [-0.4, -0.2) is 31.8 Å². The molecule has 0 radical (unpaired) electrons. The van der Waals surface area contributed by atoms with Gasteiger partial charge in [0.15, 0.2) is 0 Å². The highest BCUT2D eigenvalue weighted by atomic mass is 32.2. The van der Waals surface area contributed by atoms with Crippen molar-refractivity contribution in [2.45, 2.75) is 43.9 Å². The average molecular weight is 309 g/mol. The molecule has 1 N–H and O–H groups in total. The van der Waals surface area contributed by atoms with Gasteiger partial charge in [0, 0.05) is 23.1 Å². The summed E-state index contributed by atoms with van der Waals surface area (Å²) in [7, 11) is 3.40. The van der Waals surface area contributed by atoms with Gasteiger partial charge in [0.1, 0.15) is 11.5 Å². The predicted molar refractivity (Wildman–Crippen MR) is 90.7 cm³/mol. The second kappa shape index (κ2) is 8.54. The summed E-state index contributed by atoms with van der Waals surface area (Å²) in [6.07, 6.45) is 5.56. The van der Waals surface area contributed by atoms with Crippen LogP contribution in [0.15, 0.2) is 18.2 Å². The van der Waals surface area contributed by atoms with Crippen LogP contribution >= 0.6 is 11.8 Å². The molecule has 0 aromatic heterocycles. The van der Waals surface area contributed by atoms with E-state index in [0.717, 1.165) is 29.0 Å². The summed E-state index contributed by atoms with van der Waals surface area (Å²) in [5.41, 5.74) is 1.25. The van der Waals surface area contributed by atoms with Crippen LogP contribution in [0.2, 0.25) is 0 Å². The molecule has 21 heavy (non-hydrogen) atoms. The maximum absolute atomic E-state index is 5.39. The summed E-state index contributed by atoms with van der Waals surface area (Å²) in [6, 6.07) is 6.51. The third-order valence-corrected chi connectivity index (χ3v) is 5.50. The summed E-state index contributed by atoms with van der Waals surface area (Å²) in [4.78, 5) is 0. The second-order valence-corrected chi connectivity index (χ2v) is 6.83. The SMILES string of the molecule is CCNC(CSC1CCCC1)c1cc(OC)cc(OC)c1. The van der Waals surface area contributed by atoms with Crippen molar-refractivity contribution in [2.75, 3.05) is 26.5 Å². The van der Waals surface area contributed by atoms with Crippen molar-refractivity contribution in [1.29, 1.82) is 0 Å². The lowest BCUT2D eigenvalue weighted by atomic mass is 10.1. The Hall–Kier alpha value is -0.870. The molecular weight excluding hydrogens is 282 g/mol. The topological polar surface area (TPSA) is 30.5 Å². The molecule has 0 heterocycles. The van der Waals surface area contributed by atoms with E-state index in [1.165, 1.54) is 31.2 Å². The van der Waals surface area contributed by atoms with E-state index in [0.29, 0.717) is 6.04 Å². The molecule has 1 saturated carbocycles. The summed E-state index contributed by atoms with van der Waals surface area (Å²) < 4.78 is 10.8. The summed E-state index contributed by atoms with van der Waals surface area (Å²) >= 11 is 2.11. The minimum absolute atomic E-state index is 0.351. The number of rotatable bonds is 8. The number of hydrogen-bond acceptors (Lipinski definition) is 4. The minimum Gasteiger partial charge on any atom is -0.497 e. The number of methoxy groups -OCH3 is 2. The van der Waals surface area contributed by atoms with E-state index >= 15 is 0 Å². The largest absolute Gasteiger partial charge is 0.497 e. The van der Waals surface area contributed by atoms with Crippen LogP contribution in [0.4, 0.5) is 0 Å². The first-order valence-electron chi connectivity index (χ1n) is 7.84. The zero-order valence-corrected chi connectivity index (χ0v) is 14.2. The molecule has 0 bridgehead atoms. The standard InChI is InChI=1S/C17H27NO2S/c1-4-18-17(12-21-16-7-5-6-8-16)13-9-14(19-2)11-15(10-13)20-3/h9-11,16-18H,4-8,12H2,1-3H3. The number of thioether (sulfide) groups is 1. The highest BCUT2D eigenvalue weighted by molar-refractivity contribution is 7.99. The monoisotopic (exact) mass is 309 g/mol. The molecule has 1 aromatic carbocycles. The molecule has 0 saturated heterocycles. The lowest BCUT2D eigenvalue weighted by Crippen LogP contribution is -2.23. The number of ether oxygens (including phenoxy) is 2. The molecule has 1 atom stereocenters. The number of benzene rings is 1. The maximum atomic E-state index is 5.39. The maximum Gasteiger partial charge on any atom is 0.122 e. The summed E-state index contributed by atoms with van der Waals surface area (Å²) in [6.45, 7) is 3.13. The number of hydrogen-bond donors (Lipinski definition) is 1. The Kier molecular flexibility index (Phi) is 6.71. The molecule has 0 amide bonds. The van der Waals surface area contributed by atoms with Gasteiger partial charge in [0.05, 0.1) is 14.2 Å². The van der Waals surface area contributed by atoms with Gasteiger partial charge in [0.2, 0.25) is 0 Å². The molecule has 118 valence electrons. The zero-order chi connectivity index (χ0) is 15.1. The molecule has 3 nitrogen and oxygen atoms in total. The van der Waals surface area contributed by atoms with Gasteiger partial charge in [0.25, 0.3) is 0 Å². The average Bonchev–Trinajstić information content (AvgIpc) is 3.04. The molecule has 1 unspecified atom stereocenters. The van der Waals surface area contributed by atoms with Gasteiger partial charge in [-0.15, -0.1) is 0 Å². The van der Waals surface area contributed by atoms with Crippen LogP contribution in [0, 0.1) is 0 Å². The lowest BCUT2D eigenvalue weighted by Gasteiger charge is -2.21. The summed E-state index contributed by atoms with van der Waals surface area (Å²) in [5.74, 6) is 2.82. The fourth-order valence-electron chi connectivity index (χ4n) is 2.84. The normalized spacial score (nSPS) is 16.9. The van der Waals surface area contributed by atoms with Crippen molar-refractivity contribution in [2.24, 2.45) is 0 Å². The molecule has 0 aliphatic heterocycles. The Morgan fingerprint density at radius 3 is 2.29 bits per heavy atom. The highest BCUT2D eigenvalue weighted by Crippen LogP contribution is 2.33. The van der Waals surface area contributed by atoms with Gasteiger partial charge >= 0.3 is 0 Å². The Bertz CT molecular complexity index is 411. The molecule has 1 aromatic rings. The van der Waals surface area contributed by atoms with E-state index in [-0.39, 0.29) is 0 Å². The third-order valence-electron chi connectivity index (χ3n) is 4.03. The highest BCUT2D eigenvalue weighted by Gasteiger charge is 2.19. The molecular formula is C17H27NO2S. The van der Waals surface area contributed by atoms with Gasteiger partial charge in [-0.2, -0.15) is 11.8 Å². The predicted octanol–water partition coefficient (Wildman–Crippen LogP) is 4.03. The summed E-state index contributed by atoms with van der Waals surface area (Å²) in [5, 5.41) is 4.44.